The summed E-state index contributed by atoms with van der Waals surface area (Å²) in [4.78, 5) is 0. The van der Waals surface area contributed by atoms with Crippen LogP contribution < -0.4 is 5.32 Å². The molecular formula is C15H32ClN3O2S. The first-order chi connectivity index (χ1) is 10.1. The van der Waals surface area contributed by atoms with Crippen LogP contribution in [0.25, 0.3) is 0 Å². The molecule has 1 aliphatic heterocycles. The quantitative estimate of drug-likeness (QED) is 0.797. The molecule has 2 rings (SSSR count). The first-order valence-corrected chi connectivity index (χ1v) is 9.92. The molecule has 132 valence electrons. The van der Waals surface area contributed by atoms with Crippen molar-refractivity contribution < 1.29 is 8.42 Å². The van der Waals surface area contributed by atoms with E-state index in [0.717, 1.165) is 58.0 Å². The van der Waals surface area contributed by atoms with Gasteiger partial charge in [0.1, 0.15) is 0 Å². The van der Waals surface area contributed by atoms with Gasteiger partial charge in [0.2, 0.25) is 0 Å². The molecule has 1 saturated carbocycles. The van der Waals surface area contributed by atoms with Crippen LogP contribution in [0.5, 0.6) is 0 Å². The predicted octanol–water partition coefficient (Wildman–Crippen LogP) is 2.38. The zero-order valence-corrected chi connectivity index (χ0v) is 15.6. The molecule has 0 amide bonds. The van der Waals surface area contributed by atoms with Gasteiger partial charge in [0.15, 0.2) is 0 Å². The van der Waals surface area contributed by atoms with E-state index < -0.39 is 10.2 Å². The lowest BCUT2D eigenvalue weighted by Crippen LogP contribution is -2.53. The van der Waals surface area contributed by atoms with E-state index in [4.69, 9.17) is 0 Å². The van der Waals surface area contributed by atoms with Crippen LogP contribution in [0.3, 0.4) is 0 Å². The van der Waals surface area contributed by atoms with Crippen molar-refractivity contribution in [1.82, 2.24) is 13.9 Å². The Morgan fingerprint density at radius 2 is 1.59 bits per heavy atom. The second-order valence-corrected chi connectivity index (χ2v) is 8.35. The summed E-state index contributed by atoms with van der Waals surface area (Å²) in [6, 6.07) is 0.368. The van der Waals surface area contributed by atoms with Gasteiger partial charge in [0.25, 0.3) is 10.2 Å². The molecule has 1 heterocycles. The van der Waals surface area contributed by atoms with E-state index in [1.807, 2.05) is 0 Å². The average molecular weight is 354 g/mol. The normalized spacial score (nSPS) is 22.0. The molecule has 0 aromatic carbocycles. The third-order valence-electron chi connectivity index (χ3n) is 4.91. The maximum Gasteiger partial charge on any atom is 0.282 e. The number of halogens is 1. The molecule has 5 nitrogen and oxygen atoms in total. The zero-order valence-electron chi connectivity index (χ0n) is 14.0. The van der Waals surface area contributed by atoms with Gasteiger partial charge in [0, 0.05) is 25.7 Å². The minimum absolute atomic E-state index is 0. The van der Waals surface area contributed by atoms with E-state index in [1.54, 1.807) is 15.7 Å². The Morgan fingerprint density at radius 1 is 1.00 bits per heavy atom. The maximum absolute atomic E-state index is 13.1. The van der Waals surface area contributed by atoms with E-state index in [-0.39, 0.29) is 24.5 Å². The fourth-order valence-electron chi connectivity index (χ4n) is 3.60. The number of hydrogen-bond donors (Lipinski definition) is 1. The highest BCUT2D eigenvalue weighted by molar-refractivity contribution is 7.86. The van der Waals surface area contributed by atoms with Gasteiger partial charge >= 0.3 is 0 Å². The summed E-state index contributed by atoms with van der Waals surface area (Å²) in [6.07, 6.45) is 8.33. The lowest BCUT2D eigenvalue weighted by atomic mass is 9.96. The minimum Gasteiger partial charge on any atom is -0.317 e. The molecule has 1 aliphatic carbocycles. The van der Waals surface area contributed by atoms with E-state index in [1.165, 1.54) is 6.42 Å². The van der Waals surface area contributed by atoms with Crippen molar-refractivity contribution in [2.45, 2.75) is 70.4 Å². The highest BCUT2D eigenvalue weighted by Crippen LogP contribution is 2.27. The lowest BCUT2D eigenvalue weighted by molar-refractivity contribution is 0.220. The zero-order chi connectivity index (χ0) is 15.3. The summed E-state index contributed by atoms with van der Waals surface area (Å²) in [5, 5.41) is 3.32. The number of piperidine rings is 1. The molecule has 1 N–H and O–H groups in total. The summed E-state index contributed by atoms with van der Waals surface area (Å²) in [5.41, 5.74) is 0. The van der Waals surface area contributed by atoms with Crippen LogP contribution in [0, 0.1) is 0 Å². The molecule has 7 heteroatoms. The topological polar surface area (TPSA) is 52.7 Å². The average Bonchev–Trinajstić information content (AvgIpc) is 2.53. The number of nitrogens with one attached hydrogen (secondary N) is 1. The van der Waals surface area contributed by atoms with Crippen molar-refractivity contribution in [2.75, 3.05) is 26.7 Å². The Kier molecular flexibility index (Phi) is 8.64. The molecule has 0 bridgehead atoms. The van der Waals surface area contributed by atoms with Crippen LogP contribution in [0.15, 0.2) is 0 Å². The molecule has 2 fully saturated rings. The fraction of sp³-hybridized carbons (Fsp3) is 1.00. The predicted molar refractivity (Wildman–Crippen MR) is 93.7 cm³/mol. The van der Waals surface area contributed by atoms with Crippen molar-refractivity contribution >= 4 is 22.6 Å². The maximum atomic E-state index is 13.1. The summed E-state index contributed by atoms with van der Waals surface area (Å²) in [6.45, 7) is 4.55. The molecule has 2 aliphatic rings. The van der Waals surface area contributed by atoms with E-state index in [9.17, 15) is 8.42 Å². The van der Waals surface area contributed by atoms with E-state index in [0.29, 0.717) is 6.54 Å². The second-order valence-electron chi connectivity index (χ2n) is 6.41. The highest BCUT2D eigenvalue weighted by Gasteiger charge is 2.36. The molecular weight excluding hydrogens is 322 g/mol. The van der Waals surface area contributed by atoms with Crippen molar-refractivity contribution in [3.63, 3.8) is 0 Å². The first kappa shape index (κ1) is 20.2. The molecule has 0 atom stereocenters. The Hall–Kier alpha value is 0.120. The molecule has 0 aromatic rings. The Labute approximate surface area is 142 Å². The molecule has 0 aromatic heterocycles. The van der Waals surface area contributed by atoms with Crippen LogP contribution >= 0.6 is 12.4 Å². The summed E-state index contributed by atoms with van der Waals surface area (Å²) >= 11 is 0. The summed E-state index contributed by atoms with van der Waals surface area (Å²) in [7, 11) is -1.54. The highest BCUT2D eigenvalue weighted by atomic mass is 35.5. The SMILES string of the molecule is CCCN(C1CCNCC1)S(=O)(=O)N(C)C1CCCCC1.Cl. The van der Waals surface area contributed by atoms with Crippen molar-refractivity contribution in [2.24, 2.45) is 0 Å². The first-order valence-electron chi connectivity index (χ1n) is 8.53. The van der Waals surface area contributed by atoms with Gasteiger partial charge in [-0.25, -0.2) is 0 Å². The standard InChI is InChI=1S/C15H31N3O2S.ClH/c1-3-13-18(15-9-11-16-12-10-15)21(19,20)17(2)14-7-5-4-6-8-14;/h14-16H,3-13H2,1-2H3;1H. The van der Waals surface area contributed by atoms with E-state index in [2.05, 4.69) is 12.2 Å². The molecule has 1 saturated heterocycles. The number of hydrogen-bond acceptors (Lipinski definition) is 3. The molecule has 22 heavy (non-hydrogen) atoms. The van der Waals surface area contributed by atoms with Gasteiger partial charge in [-0.15, -0.1) is 12.4 Å². The summed E-state index contributed by atoms with van der Waals surface area (Å²) < 4.78 is 29.6. The van der Waals surface area contributed by atoms with Crippen LogP contribution in [-0.2, 0) is 10.2 Å². The third-order valence-corrected chi connectivity index (χ3v) is 7.01. The molecule has 0 unspecified atom stereocenters. The van der Waals surface area contributed by atoms with Gasteiger partial charge in [-0.3, -0.25) is 0 Å². The van der Waals surface area contributed by atoms with Gasteiger partial charge in [-0.2, -0.15) is 17.0 Å². The number of rotatable bonds is 6. The van der Waals surface area contributed by atoms with Crippen LogP contribution in [0.1, 0.15) is 58.3 Å². The van der Waals surface area contributed by atoms with Gasteiger partial charge < -0.3 is 5.32 Å². The largest absolute Gasteiger partial charge is 0.317 e. The van der Waals surface area contributed by atoms with E-state index >= 15 is 0 Å². The Bertz CT molecular complexity index is 407. The smallest absolute Gasteiger partial charge is 0.282 e. The van der Waals surface area contributed by atoms with Gasteiger partial charge in [0.05, 0.1) is 0 Å². The monoisotopic (exact) mass is 353 g/mol. The van der Waals surface area contributed by atoms with Crippen molar-refractivity contribution in [3.05, 3.63) is 0 Å². The van der Waals surface area contributed by atoms with Crippen LogP contribution in [0.2, 0.25) is 0 Å². The molecule has 0 radical (unpaired) electrons. The second kappa shape index (κ2) is 9.42. The molecule has 0 spiro atoms. The van der Waals surface area contributed by atoms with Crippen molar-refractivity contribution in [3.8, 4) is 0 Å². The number of nitrogens with zero attached hydrogens (tertiary/aromatic N) is 2. The minimum atomic E-state index is -3.32. The van der Waals surface area contributed by atoms with Crippen LogP contribution in [-0.4, -0.2) is 55.8 Å². The third kappa shape index (κ3) is 4.81. The van der Waals surface area contributed by atoms with Gasteiger partial charge in [-0.05, 0) is 45.2 Å². The van der Waals surface area contributed by atoms with Crippen molar-refractivity contribution in [1.29, 1.82) is 0 Å². The lowest BCUT2D eigenvalue weighted by Gasteiger charge is -2.39. The van der Waals surface area contributed by atoms with Gasteiger partial charge in [-0.1, -0.05) is 26.2 Å². The Balaban J connectivity index is 0.00000242. The Morgan fingerprint density at radius 3 is 2.14 bits per heavy atom. The fourth-order valence-corrected chi connectivity index (χ4v) is 5.52. The van der Waals surface area contributed by atoms with Crippen LogP contribution in [0.4, 0.5) is 0 Å². The summed E-state index contributed by atoms with van der Waals surface area (Å²) in [5.74, 6) is 0.